The van der Waals surface area contributed by atoms with E-state index in [0.29, 0.717) is 24.3 Å². The minimum Gasteiger partial charge on any atom is -0.495 e. The van der Waals surface area contributed by atoms with Crippen LogP contribution in [0.25, 0.3) is 11.3 Å². The molecule has 0 radical (unpaired) electrons. The fraction of sp³-hybridized carbons (Fsp3) is 0.429. The SMILES string of the molecule is COc1ccc(-c2ccc(C(=O)N[C@H]3C[C@@H](NC(=O)OC(C)(C)C)C3)nc2)nc1. The van der Waals surface area contributed by atoms with Gasteiger partial charge in [0.1, 0.15) is 17.0 Å². The van der Waals surface area contributed by atoms with Crippen molar-refractivity contribution < 1.29 is 19.1 Å². The van der Waals surface area contributed by atoms with Gasteiger partial charge in [0.25, 0.3) is 5.91 Å². The van der Waals surface area contributed by atoms with E-state index >= 15 is 0 Å². The Bertz CT molecular complexity index is 854. The maximum atomic E-state index is 12.4. The average Bonchev–Trinajstić information content (AvgIpc) is 2.65. The maximum absolute atomic E-state index is 12.4. The van der Waals surface area contributed by atoms with Gasteiger partial charge in [-0.1, -0.05) is 0 Å². The smallest absolute Gasteiger partial charge is 0.407 e. The van der Waals surface area contributed by atoms with Gasteiger partial charge in [0.15, 0.2) is 0 Å². The molecule has 1 aliphatic rings. The zero-order valence-corrected chi connectivity index (χ0v) is 17.1. The number of nitrogens with zero attached hydrogens (tertiary/aromatic N) is 2. The monoisotopic (exact) mass is 398 g/mol. The van der Waals surface area contributed by atoms with Crippen molar-refractivity contribution >= 4 is 12.0 Å². The average molecular weight is 398 g/mol. The zero-order valence-electron chi connectivity index (χ0n) is 17.1. The summed E-state index contributed by atoms with van der Waals surface area (Å²) in [6.45, 7) is 5.46. The number of alkyl carbamates (subject to hydrolysis) is 1. The normalized spacial score (nSPS) is 18.3. The Balaban J connectivity index is 1.47. The second-order valence-corrected chi connectivity index (χ2v) is 8.00. The molecule has 0 unspecified atom stereocenters. The Morgan fingerprint density at radius 1 is 1.00 bits per heavy atom. The van der Waals surface area contributed by atoms with Crippen LogP contribution in [-0.4, -0.2) is 46.8 Å². The van der Waals surface area contributed by atoms with Crippen LogP contribution in [0.4, 0.5) is 4.79 Å². The van der Waals surface area contributed by atoms with E-state index < -0.39 is 11.7 Å². The van der Waals surface area contributed by atoms with Gasteiger partial charge in [-0.15, -0.1) is 0 Å². The van der Waals surface area contributed by atoms with Crippen LogP contribution in [0.15, 0.2) is 36.7 Å². The van der Waals surface area contributed by atoms with Crippen molar-refractivity contribution in [1.29, 1.82) is 0 Å². The Labute approximate surface area is 170 Å². The summed E-state index contributed by atoms with van der Waals surface area (Å²) >= 11 is 0. The molecule has 0 aliphatic heterocycles. The van der Waals surface area contributed by atoms with Gasteiger partial charge in [-0.05, 0) is 57.9 Å². The molecule has 0 saturated heterocycles. The molecule has 0 bridgehead atoms. The summed E-state index contributed by atoms with van der Waals surface area (Å²) in [6, 6.07) is 7.15. The number of carbonyl (C=O) groups is 2. The summed E-state index contributed by atoms with van der Waals surface area (Å²) < 4.78 is 10.3. The third kappa shape index (κ3) is 5.66. The maximum Gasteiger partial charge on any atom is 0.407 e. The Morgan fingerprint density at radius 2 is 1.72 bits per heavy atom. The first-order valence-corrected chi connectivity index (χ1v) is 9.50. The van der Waals surface area contributed by atoms with Crippen LogP contribution in [0.5, 0.6) is 5.75 Å². The lowest BCUT2D eigenvalue weighted by Gasteiger charge is -2.36. The summed E-state index contributed by atoms with van der Waals surface area (Å²) in [7, 11) is 1.59. The number of rotatable bonds is 5. The van der Waals surface area contributed by atoms with Crippen molar-refractivity contribution in [2.24, 2.45) is 0 Å². The van der Waals surface area contributed by atoms with E-state index in [1.54, 1.807) is 25.6 Å². The van der Waals surface area contributed by atoms with Crippen molar-refractivity contribution in [1.82, 2.24) is 20.6 Å². The van der Waals surface area contributed by atoms with Crippen LogP contribution in [-0.2, 0) is 4.74 Å². The fourth-order valence-corrected chi connectivity index (χ4v) is 2.94. The molecule has 0 spiro atoms. The summed E-state index contributed by atoms with van der Waals surface area (Å²) in [5.74, 6) is 0.442. The number of carbonyl (C=O) groups excluding carboxylic acids is 2. The Hall–Kier alpha value is -3.16. The highest BCUT2D eigenvalue weighted by atomic mass is 16.6. The minimum absolute atomic E-state index is 0.00614. The first-order chi connectivity index (χ1) is 13.7. The predicted octanol–water partition coefficient (Wildman–Crippen LogP) is 2.94. The lowest BCUT2D eigenvalue weighted by atomic mass is 9.87. The minimum atomic E-state index is -0.527. The number of methoxy groups -OCH3 is 1. The highest BCUT2D eigenvalue weighted by Crippen LogP contribution is 2.22. The lowest BCUT2D eigenvalue weighted by molar-refractivity contribution is 0.0465. The van der Waals surface area contributed by atoms with E-state index in [1.807, 2.05) is 39.0 Å². The number of hydrogen-bond acceptors (Lipinski definition) is 6. The molecule has 29 heavy (non-hydrogen) atoms. The van der Waals surface area contributed by atoms with Crippen LogP contribution < -0.4 is 15.4 Å². The molecule has 2 amide bonds. The third-order valence-electron chi connectivity index (χ3n) is 4.46. The fourth-order valence-electron chi connectivity index (χ4n) is 2.94. The van der Waals surface area contributed by atoms with Crippen molar-refractivity contribution in [3.63, 3.8) is 0 Å². The van der Waals surface area contributed by atoms with Gasteiger partial charge in [-0.2, -0.15) is 0 Å². The van der Waals surface area contributed by atoms with Gasteiger partial charge >= 0.3 is 6.09 Å². The van der Waals surface area contributed by atoms with Crippen molar-refractivity contribution in [3.8, 4) is 17.0 Å². The van der Waals surface area contributed by atoms with Gasteiger partial charge in [0.2, 0.25) is 0 Å². The molecule has 8 nitrogen and oxygen atoms in total. The molecule has 154 valence electrons. The van der Waals surface area contributed by atoms with Crippen LogP contribution in [0, 0.1) is 0 Å². The quantitative estimate of drug-likeness (QED) is 0.803. The highest BCUT2D eigenvalue weighted by molar-refractivity contribution is 5.92. The molecule has 2 aromatic heterocycles. The summed E-state index contributed by atoms with van der Waals surface area (Å²) in [5, 5.41) is 5.74. The first kappa shape index (κ1) is 20.6. The molecule has 8 heteroatoms. The number of ether oxygens (including phenoxy) is 2. The number of pyridine rings is 2. The van der Waals surface area contributed by atoms with Gasteiger partial charge in [-0.3, -0.25) is 14.8 Å². The first-order valence-electron chi connectivity index (χ1n) is 9.50. The van der Waals surface area contributed by atoms with Gasteiger partial charge in [0.05, 0.1) is 19.0 Å². The molecule has 2 heterocycles. The van der Waals surface area contributed by atoms with E-state index in [2.05, 4.69) is 20.6 Å². The largest absolute Gasteiger partial charge is 0.495 e. The Morgan fingerprint density at radius 3 is 2.28 bits per heavy atom. The molecule has 1 fully saturated rings. The molecule has 2 aromatic rings. The van der Waals surface area contributed by atoms with Crippen LogP contribution in [0.1, 0.15) is 44.1 Å². The van der Waals surface area contributed by atoms with Crippen molar-refractivity contribution in [2.45, 2.75) is 51.3 Å². The summed E-state index contributed by atoms with van der Waals surface area (Å²) in [5.41, 5.74) is 1.38. The predicted molar refractivity (Wildman–Crippen MR) is 108 cm³/mol. The van der Waals surface area contributed by atoms with Crippen LogP contribution in [0.2, 0.25) is 0 Å². The number of hydrogen-bond donors (Lipinski definition) is 2. The van der Waals surface area contributed by atoms with Gasteiger partial charge in [-0.25, -0.2) is 4.79 Å². The number of amides is 2. The molecule has 2 N–H and O–H groups in total. The summed E-state index contributed by atoms with van der Waals surface area (Å²) in [6.07, 6.45) is 4.15. The second kappa shape index (κ2) is 8.46. The topological polar surface area (TPSA) is 102 Å². The van der Waals surface area contributed by atoms with Crippen LogP contribution in [0.3, 0.4) is 0 Å². The molecule has 1 saturated carbocycles. The summed E-state index contributed by atoms with van der Waals surface area (Å²) in [4.78, 5) is 32.7. The van der Waals surface area contributed by atoms with E-state index in [1.165, 1.54) is 0 Å². The molecule has 0 atom stereocenters. The van der Waals surface area contributed by atoms with E-state index in [0.717, 1.165) is 11.3 Å². The number of aromatic nitrogens is 2. The zero-order chi connectivity index (χ0) is 21.0. The van der Waals surface area contributed by atoms with E-state index in [4.69, 9.17) is 9.47 Å². The standard InChI is InChI=1S/C21H26N4O4/c1-21(2,3)29-20(27)25-15-9-14(10-15)24-19(26)18-7-5-13(11-22-18)17-8-6-16(28-4)12-23-17/h5-8,11-12,14-15H,9-10H2,1-4H3,(H,24,26)(H,25,27)/t14-,15+. The molecule has 1 aliphatic carbocycles. The molecular weight excluding hydrogens is 372 g/mol. The molecule has 0 aromatic carbocycles. The van der Waals surface area contributed by atoms with Crippen molar-refractivity contribution in [3.05, 3.63) is 42.4 Å². The van der Waals surface area contributed by atoms with E-state index in [9.17, 15) is 9.59 Å². The molecule has 3 rings (SSSR count). The van der Waals surface area contributed by atoms with E-state index in [-0.39, 0.29) is 18.0 Å². The lowest BCUT2D eigenvalue weighted by Crippen LogP contribution is -2.54. The number of nitrogens with one attached hydrogen (secondary N) is 2. The van der Waals surface area contributed by atoms with Gasteiger partial charge < -0.3 is 20.1 Å². The van der Waals surface area contributed by atoms with Gasteiger partial charge in [0, 0.05) is 23.8 Å². The highest BCUT2D eigenvalue weighted by Gasteiger charge is 2.33. The Kier molecular flexibility index (Phi) is 6.00. The van der Waals surface area contributed by atoms with Crippen LogP contribution >= 0.6 is 0 Å². The molecular formula is C21H26N4O4. The third-order valence-corrected chi connectivity index (χ3v) is 4.46. The second-order valence-electron chi connectivity index (χ2n) is 8.00. The van der Waals surface area contributed by atoms with Crippen molar-refractivity contribution in [2.75, 3.05) is 7.11 Å².